The Morgan fingerprint density at radius 3 is 2.42 bits per heavy atom. The predicted octanol–water partition coefficient (Wildman–Crippen LogP) is 3.97. The number of hydrogen-bond acceptors (Lipinski definition) is 1. The Balaban J connectivity index is 2.07. The Labute approximate surface area is 123 Å². The van der Waals surface area contributed by atoms with Gasteiger partial charge in [0.1, 0.15) is 12.3 Å². The minimum atomic E-state index is 0.617. The number of furan rings is 1. The Morgan fingerprint density at radius 2 is 1.79 bits per heavy atom. The lowest BCUT2D eigenvalue weighted by Gasteiger charge is -2.02. The highest BCUT2D eigenvalue weighted by Gasteiger charge is 2.08. The molecule has 0 fully saturated rings. The molecule has 0 unspecified atom stereocenters. The molecule has 1 heterocycles. The minimum absolute atomic E-state index is 0.617. The first-order chi connectivity index (χ1) is 9.04. The molecule has 0 saturated heterocycles. The molecule has 2 nitrogen and oxygen atoms in total. The van der Waals surface area contributed by atoms with E-state index in [-0.39, 0.29) is 0 Å². The molecule has 0 aliphatic heterocycles. The van der Waals surface area contributed by atoms with E-state index < -0.39 is 0 Å². The molecule has 0 radical (unpaired) electrons. The van der Waals surface area contributed by atoms with Gasteiger partial charge in [0.05, 0.1) is 6.54 Å². The van der Waals surface area contributed by atoms with Crippen LogP contribution in [-0.2, 0) is 6.54 Å². The van der Waals surface area contributed by atoms with Crippen molar-refractivity contribution in [3.63, 3.8) is 0 Å². The second kappa shape index (κ2) is 6.47. The lowest BCUT2D eigenvalue weighted by molar-refractivity contribution is -0.676. The van der Waals surface area contributed by atoms with Gasteiger partial charge in [-0.25, -0.2) is 0 Å². The van der Waals surface area contributed by atoms with Crippen LogP contribution < -0.4 is 5.32 Å². The largest absolute Gasteiger partial charge is 0.455 e. The van der Waals surface area contributed by atoms with E-state index >= 15 is 0 Å². The van der Waals surface area contributed by atoms with E-state index in [0.29, 0.717) is 16.0 Å². The smallest absolute Gasteiger partial charge is 0.158 e. The summed E-state index contributed by atoms with van der Waals surface area (Å²) in [6.45, 7) is 6.36. The van der Waals surface area contributed by atoms with Crippen LogP contribution in [0.5, 0.6) is 0 Å². The van der Waals surface area contributed by atoms with Gasteiger partial charge in [-0.05, 0) is 30.3 Å². The van der Waals surface area contributed by atoms with Crippen LogP contribution in [-0.4, -0.2) is 6.54 Å². The standard InChI is InChI=1S/C15H17Cl2NO/c1-10(2)8-18-9-14-3-4-15(19-14)11-5-12(16)7-13(17)6-11/h3-7,10,18H,8-9H2,1-2H3/p+1. The van der Waals surface area contributed by atoms with E-state index in [9.17, 15) is 0 Å². The topological polar surface area (TPSA) is 29.8 Å². The Bertz CT molecular complexity index is 529. The molecule has 1 aromatic heterocycles. The third-order valence-corrected chi connectivity index (χ3v) is 3.23. The molecular weight excluding hydrogens is 281 g/mol. The van der Waals surface area contributed by atoms with Crippen LogP contribution in [0.15, 0.2) is 34.7 Å². The van der Waals surface area contributed by atoms with Crippen LogP contribution in [0, 0.1) is 5.92 Å². The van der Waals surface area contributed by atoms with E-state index in [1.54, 1.807) is 6.07 Å². The molecule has 0 saturated carbocycles. The maximum absolute atomic E-state index is 5.99. The van der Waals surface area contributed by atoms with Gasteiger partial charge >= 0.3 is 0 Å². The Kier molecular flexibility index (Phi) is 4.92. The fraction of sp³-hybridized carbons (Fsp3) is 0.333. The molecule has 0 amide bonds. The van der Waals surface area contributed by atoms with Crippen molar-refractivity contribution in [2.45, 2.75) is 20.4 Å². The van der Waals surface area contributed by atoms with Gasteiger partial charge in [-0.3, -0.25) is 0 Å². The summed E-state index contributed by atoms with van der Waals surface area (Å²) in [7, 11) is 0. The van der Waals surface area contributed by atoms with Gasteiger partial charge < -0.3 is 9.73 Å². The SMILES string of the molecule is CC(C)C[NH2+]Cc1ccc(-c2cc(Cl)cc(Cl)c2)o1. The molecule has 4 heteroatoms. The van der Waals surface area contributed by atoms with Crippen molar-refractivity contribution in [1.29, 1.82) is 0 Å². The summed E-state index contributed by atoms with van der Waals surface area (Å²) in [6.07, 6.45) is 0. The number of halogens is 2. The van der Waals surface area contributed by atoms with Crippen molar-refractivity contribution in [2.75, 3.05) is 6.54 Å². The number of rotatable bonds is 5. The normalized spacial score (nSPS) is 11.2. The van der Waals surface area contributed by atoms with E-state index in [1.165, 1.54) is 0 Å². The molecule has 0 aliphatic rings. The molecule has 2 aromatic rings. The maximum atomic E-state index is 5.99. The van der Waals surface area contributed by atoms with Gasteiger partial charge in [0.2, 0.25) is 0 Å². The highest BCUT2D eigenvalue weighted by atomic mass is 35.5. The van der Waals surface area contributed by atoms with Crippen molar-refractivity contribution in [3.8, 4) is 11.3 Å². The van der Waals surface area contributed by atoms with Crippen molar-refractivity contribution < 1.29 is 9.73 Å². The van der Waals surface area contributed by atoms with E-state index in [2.05, 4.69) is 19.2 Å². The zero-order valence-corrected chi connectivity index (χ0v) is 12.6. The fourth-order valence-corrected chi connectivity index (χ4v) is 2.42. The molecule has 2 N–H and O–H groups in total. The molecule has 2 rings (SSSR count). The van der Waals surface area contributed by atoms with Gasteiger partial charge in [0.15, 0.2) is 5.76 Å². The number of quaternary nitrogens is 1. The lowest BCUT2D eigenvalue weighted by Crippen LogP contribution is -2.83. The second-order valence-electron chi connectivity index (χ2n) is 5.05. The van der Waals surface area contributed by atoms with Crippen molar-refractivity contribution >= 4 is 23.2 Å². The zero-order chi connectivity index (χ0) is 13.8. The van der Waals surface area contributed by atoms with Gasteiger partial charge in [-0.15, -0.1) is 0 Å². The summed E-state index contributed by atoms with van der Waals surface area (Å²) in [5.41, 5.74) is 0.910. The van der Waals surface area contributed by atoms with Gasteiger partial charge in [-0.1, -0.05) is 37.0 Å². The molecule has 0 bridgehead atoms. The monoisotopic (exact) mass is 298 g/mol. The van der Waals surface area contributed by atoms with Crippen molar-refractivity contribution in [3.05, 3.63) is 46.1 Å². The average molecular weight is 299 g/mol. The first kappa shape index (κ1) is 14.4. The van der Waals surface area contributed by atoms with Crippen LogP contribution in [0.4, 0.5) is 0 Å². The summed E-state index contributed by atoms with van der Waals surface area (Å²) in [6, 6.07) is 9.39. The summed E-state index contributed by atoms with van der Waals surface area (Å²) < 4.78 is 5.81. The predicted molar refractivity (Wildman–Crippen MR) is 79.5 cm³/mol. The Hall–Kier alpha value is -0.960. The van der Waals surface area contributed by atoms with E-state index in [4.69, 9.17) is 27.6 Å². The third kappa shape index (κ3) is 4.27. The van der Waals surface area contributed by atoms with Gasteiger partial charge in [0, 0.05) is 21.5 Å². The van der Waals surface area contributed by atoms with Crippen molar-refractivity contribution in [1.82, 2.24) is 0 Å². The molecule has 0 atom stereocenters. The summed E-state index contributed by atoms with van der Waals surface area (Å²) in [5, 5.41) is 3.48. The quantitative estimate of drug-likeness (QED) is 0.889. The number of nitrogens with two attached hydrogens (primary N) is 1. The highest BCUT2D eigenvalue weighted by molar-refractivity contribution is 6.35. The summed E-state index contributed by atoms with van der Waals surface area (Å²) >= 11 is 12.0. The molecule has 0 aliphatic carbocycles. The van der Waals surface area contributed by atoms with Gasteiger partial charge in [-0.2, -0.15) is 0 Å². The summed E-state index contributed by atoms with van der Waals surface area (Å²) in [5.74, 6) is 2.45. The van der Waals surface area contributed by atoms with Crippen molar-refractivity contribution in [2.24, 2.45) is 5.92 Å². The van der Waals surface area contributed by atoms with Crippen LogP contribution in [0.25, 0.3) is 11.3 Å². The molecule has 19 heavy (non-hydrogen) atoms. The van der Waals surface area contributed by atoms with Crippen LogP contribution >= 0.6 is 23.2 Å². The fourth-order valence-electron chi connectivity index (χ4n) is 1.90. The molecule has 0 spiro atoms. The van der Waals surface area contributed by atoms with E-state index in [0.717, 1.165) is 30.2 Å². The van der Waals surface area contributed by atoms with Crippen LogP contribution in [0.1, 0.15) is 19.6 Å². The Morgan fingerprint density at radius 1 is 1.11 bits per heavy atom. The molecule has 102 valence electrons. The number of benzene rings is 1. The lowest BCUT2D eigenvalue weighted by atomic mass is 10.2. The second-order valence-corrected chi connectivity index (χ2v) is 5.92. The first-order valence-electron chi connectivity index (χ1n) is 6.41. The van der Waals surface area contributed by atoms with E-state index in [1.807, 2.05) is 24.3 Å². The first-order valence-corrected chi connectivity index (χ1v) is 7.17. The van der Waals surface area contributed by atoms with Crippen LogP contribution in [0.3, 0.4) is 0 Å². The van der Waals surface area contributed by atoms with Gasteiger partial charge in [0.25, 0.3) is 0 Å². The van der Waals surface area contributed by atoms with Crippen LogP contribution in [0.2, 0.25) is 10.0 Å². The highest BCUT2D eigenvalue weighted by Crippen LogP contribution is 2.28. The maximum Gasteiger partial charge on any atom is 0.158 e. The minimum Gasteiger partial charge on any atom is -0.455 e. The molecular formula is C15H18Cl2NO+. The number of hydrogen-bond donors (Lipinski definition) is 1. The molecule has 1 aromatic carbocycles. The summed E-state index contributed by atoms with van der Waals surface area (Å²) in [4.78, 5) is 0. The third-order valence-electron chi connectivity index (χ3n) is 2.79. The zero-order valence-electron chi connectivity index (χ0n) is 11.1. The average Bonchev–Trinajstić information content (AvgIpc) is 2.76.